The topological polar surface area (TPSA) is 72.2 Å². The molecule has 0 saturated heterocycles. The van der Waals surface area contributed by atoms with Gasteiger partial charge in [0.25, 0.3) is 5.91 Å². The highest BCUT2D eigenvalue weighted by molar-refractivity contribution is 5.94. The van der Waals surface area contributed by atoms with Crippen molar-refractivity contribution in [1.29, 1.82) is 0 Å². The van der Waals surface area contributed by atoms with Gasteiger partial charge in [0.2, 0.25) is 5.82 Å². The van der Waals surface area contributed by atoms with Gasteiger partial charge < -0.3 is 5.32 Å². The van der Waals surface area contributed by atoms with E-state index in [1.165, 1.54) is 6.07 Å². The maximum atomic E-state index is 13.2. The lowest BCUT2D eigenvalue weighted by atomic mass is 10.1. The number of carbonyl (C=O) groups is 1. The van der Waals surface area contributed by atoms with E-state index >= 15 is 0 Å². The summed E-state index contributed by atoms with van der Waals surface area (Å²) in [5.74, 6) is -1.45. The van der Waals surface area contributed by atoms with Gasteiger partial charge in [0.05, 0.1) is 4.92 Å². The first-order valence-electron chi connectivity index (χ1n) is 6.25. The van der Waals surface area contributed by atoms with Crippen molar-refractivity contribution in [3.8, 4) is 0 Å². The Balaban J connectivity index is 2.12. The lowest BCUT2D eigenvalue weighted by Crippen LogP contribution is -2.23. The molecule has 2 aromatic carbocycles. The number of aryl methyl sites for hydroxylation is 1. The van der Waals surface area contributed by atoms with Crippen molar-refractivity contribution in [3.05, 3.63) is 75.1 Å². The molecule has 0 atom stereocenters. The smallest absolute Gasteiger partial charge is 0.305 e. The van der Waals surface area contributed by atoms with Gasteiger partial charge in [-0.1, -0.05) is 24.3 Å². The van der Waals surface area contributed by atoms with E-state index in [-0.39, 0.29) is 5.56 Å². The van der Waals surface area contributed by atoms with Crippen molar-refractivity contribution < 1.29 is 14.1 Å². The van der Waals surface area contributed by atoms with Crippen molar-refractivity contribution in [3.63, 3.8) is 0 Å². The third-order valence-corrected chi connectivity index (χ3v) is 3.11. The van der Waals surface area contributed by atoms with Crippen LogP contribution in [0.25, 0.3) is 0 Å². The normalized spacial score (nSPS) is 10.2. The van der Waals surface area contributed by atoms with Gasteiger partial charge in [0, 0.05) is 18.2 Å². The molecule has 2 aromatic rings. The van der Waals surface area contributed by atoms with Gasteiger partial charge in [-0.2, -0.15) is 4.39 Å². The number of amides is 1. The molecule has 108 valence electrons. The van der Waals surface area contributed by atoms with Crippen LogP contribution in [-0.4, -0.2) is 10.8 Å². The van der Waals surface area contributed by atoms with Crippen molar-refractivity contribution >= 4 is 11.6 Å². The summed E-state index contributed by atoms with van der Waals surface area (Å²) in [6.07, 6.45) is 0. The van der Waals surface area contributed by atoms with Crippen LogP contribution in [0.15, 0.2) is 42.5 Å². The molecule has 0 bridgehead atoms. The second-order valence-electron chi connectivity index (χ2n) is 4.53. The molecule has 1 amide bonds. The summed E-state index contributed by atoms with van der Waals surface area (Å²) in [7, 11) is 0. The maximum Gasteiger partial charge on any atom is 0.305 e. The third-order valence-electron chi connectivity index (χ3n) is 3.11. The molecule has 0 radical (unpaired) electrons. The van der Waals surface area contributed by atoms with Crippen LogP contribution in [0.3, 0.4) is 0 Å². The fourth-order valence-electron chi connectivity index (χ4n) is 1.88. The molecular formula is C15H13FN2O3. The predicted molar refractivity (Wildman–Crippen MR) is 75.4 cm³/mol. The molecule has 0 heterocycles. The van der Waals surface area contributed by atoms with Gasteiger partial charge in [-0.3, -0.25) is 14.9 Å². The van der Waals surface area contributed by atoms with Crippen molar-refractivity contribution in [2.24, 2.45) is 0 Å². The monoisotopic (exact) mass is 288 g/mol. The number of halogens is 1. The van der Waals surface area contributed by atoms with Crippen LogP contribution in [0.1, 0.15) is 21.5 Å². The molecule has 0 unspecified atom stereocenters. The van der Waals surface area contributed by atoms with Crippen LogP contribution >= 0.6 is 0 Å². The van der Waals surface area contributed by atoms with Crippen LogP contribution < -0.4 is 5.32 Å². The largest absolute Gasteiger partial charge is 0.348 e. The van der Waals surface area contributed by atoms with Gasteiger partial charge in [0.15, 0.2) is 0 Å². The summed E-state index contributed by atoms with van der Waals surface area (Å²) < 4.78 is 13.2. The minimum atomic E-state index is -0.963. The molecule has 0 aliphatic heterocycles. The Morgan fingerprint density at radius 2 is 2.00 bits per heavy atom. The van der Waals surface area contributed by atoms with Crippen molar-refractivity contribution in [2.45, 2.75) is 13.5 Å². The number of hydrogen-bond acceptors (Lipinski definition) is 3. The van der Waals surface area contributed by atoms with Gasteiger partial charge in [0.1, 0.15) is 0 Å². The Hall–Kier alpha value is -2.76. The van der Waals surface area contributed by atoms with Crippen LogP contribution in [0.4, 0.5) is 10.1 Å². The number of nitro benzene ring substituents is 1. The zero-order valence-electron chi connectivity index (χ0n) is 11.3. The van der Waals surface area contributed by atoms with E-state index in [1.54, 1.807) is 0 Å². The standard InChI is InChI=1S/C15H13FN2O3/c1-10-4-2-3-5-12(10)9-17-15(19)11-6-7-13(16)14(8-11)18(20)21/h2-8H,9H2,1H3,(H,17,19). The number of carbonyl (C=O) groups excluding carboxylic acids is 1. The van der Waals surface area contributed by atoms with E-state index in [1.807, 2.05) is 31.2 Å². The number of nitrogens with one attached hydrogen (secondary N) is 1. The summed E-state index contributed by atoms with van der Waals surface area (Å²) in [5.41, 5.74) is 1.32. The number of nitro groups is 1. The lowest BCUT2D eigenvalue weighted by molar-refractivity contribution is -0.387. The first-order chi connectivity index (χ1) is 9.99. The van der Waals surface area contributed by atoms with E-state index < -0.39 is 22.3 Å². The average Bonchev–Trinajstić information content (AvgIpc) is 2.46. The number of benzene rings is 2. The highest BCUT2D eigenvalue weighted by Gasteiger charge is 2.17. The molecule has 0 fully saturated rings. The summed E-state index contributed by atoms with van der Waals surface area (Å²) in [5, 5.41) is 13.3. The maximum absolute atomic E-state index is 13.2. The molecule has 6 heteroatoms. The summed E-state index contributed by atoms with van der Waals surface area (Å²) in [6.45, 7) is 2.22. The number of rotatable bonds is 4. The Morgan fingerprint density at radius 3 is 2.67 bits per heavy atom. The minimum absolute atomic E-state index is 0.0525. The Bertz CT molecular complexity index is 701. The second-order valence-corrected chi connectivity index (χ2v) is 4.53. The van der Waals surface area contributed by atoms with Crippen LogP contribution in [0.5, 0.6) is 0 Å². The van der Waals surface area contributed by atoms with E-state index in [4.69, 9.17) is 0 Å². The Morgan fingerprint density at radius 1 is 1.29 bits per heavy atom. The average molecular weight is 288 g/mol. The summed E-state index contributed by atoms with van der Waals surface area (Å²) >= 11 is 0. The van der Waals surface area contributed by atoms with Crippen molar-refractivity contribution in [1.82, 2.24) is 5.32 Å². The van der Waals surface area contributed by atoms with Crippen LogP contribution in [0.2, 0.25) is 0 Å². The predicted octanol–water partition coefficient (Wildman–Crippen LogP) is 2.97. The quantitative estimate of drug-likeness (QED) is 0.694. The highest BCUT2D eigenvalue weighted by Crippen LogP contribution is 2.18. The van der Waals surface area contributed by atoms with Crippen LogP contribution in [0, 0.1) is 22.9 Å². The molecule has 0 saturated carbocycles. The second kappa shape index (κ2) is 6.13. The number of nitrogens with zero attached hydrogens (tertiary/aromatic N) is 1. The lowest BCUT2D eigenvalue weighted by Gasteiger charge is -2.08. The molecule has 0 aliphatic carbocycles. The van der Waals surface area contributed by atoms with E-state index in [2.05, 4.69) is 5.32 Å². The summed E-state index contributed by atoms with van der Waals surface area (Å²) in [4.78, 5) is 21.8. The van der Waals surface area contributed by atoms with Gasteiger partial charge >= 0.3 is 5.69 Å². The molecule has 5 nitrogen and oxygen atoms in total. The fourth-order valence-corrected chi connectivity index (χ4v) is 1.88. The van der Waals surface area contributed by atoms with Crippen LogP contribution in [-0.2, 0) is 6.54 Å². The van der Waals surface area contributed by atoms with E-state index in [9.17, 15) is 19.3 Å². The zero-order valence-corrected chi connectivity index (χ0v) is 11.3. The SMILES string of the molecule is Cc1ccccc1CNC(=O)c1ccc(F)c([N+](=O)[O-])c1. The molecular weight excluding hydrogens is 275 g/mol. The Labute approximate surface area is 120 Å². The van der Waals surface area contributed by atoms with E-state index in [0.29, 0.717) is 6.54 Å². The molecule has 1 N–H and O–H groups in total. The summed E-state index contributed by atoms with van der Waals surface area (Å²) in [6, 6.07) is 10.6. The molecule has 0 aliphatic rings. The third kappa shape index (κ3) is 3.42. The highest BCUT2D eigenvalue weighted by atomic mass is 19.1. The zero-order chi connectivity index (χ0) is 15.4. The Kier molecular flexibility index (Phi) is 4.27. The van der Waals surface area contributed by atoms with Crippen molar-refractivity contribution in [2.75, 3.05) is 0 Å². The molecule has 0 aromatic heterocycles. The minimum Gasteiger partial charge on any atom is -0.348 e. The molecule has 2 rings (SSSR count). The molecule has 0 spiro atoms. The van der Waals surface area contributed by atoms with Gasteiger partial charge in [-0.05, 0) is 30.2 Å². The number of hydrogen-bond donors (Lipinski definition) is 1. The molecule has 21 heavy (non-hydrogen) atoms. The van der Waals surface area contributed by atoms with Gasteiger partial charge in [-0.25, -0.2) is 0 Å². The fraction of sp³-hybridized carbons (Fsp3) is 0.133. The van der Waals surface area contributed by atoms with Gasteiger partial charge in [-0.15, -0.1) is 0 Å². The first kappa shape index (κ1) is 14.6. The first-order valence-corrected chi connectivity index (χ1v) is 6.25. The van der Waals surface area contributed by atoms with E-state index in [0.717, 1.165) is 23.3 Å².